The van der Waals surface area contributed by atoms with Gasteiger partial charge in [0.2, 0.25) is 0 Å². The number of methoxy groups -OCH3 is 1. The highest BCUT2D eigenvalue weighted by molar-refractivity contribution is 5.81. The van der Waals surface area contributed by atoms with E-state index in [1.54, 1.807) is 7.11 Å². The average Bonchev–Trinajstić information content (AvgIpc) is 3.43. The SMILES string of the molecule is CCc1c(NC[C@H](NC(=O)OCc2ccccc2)C(=O)O)ncnc1N1CCC(n2c(CN)nc3ccc(OC)cc32)CC1. The summed E-state index contributed by atoms with van der Waals surface area (Å²) < 4.78 is 12.9. The molecular weight excluding hydrogens is 564 g/mol. The number of rotatable bonds is 12. The molecule has 4 aromatic rings. The van der Waals surface area contributed by atoms with Crippen molar-refractivity contribution in [2.75, 3.05) is 37.0 Å². The first-order valence-electron chi connectivity index (χ1n) is 14.7. The molecule has 1 aliphatic heterocycles. The van der Waals surface area contributed by atoms with E-state index in [-0.39, 0.29) is 19.2 Å². The van der Waals surface area contributed by atoms with Crippen LogP contribution in [-0.4, -0.2) is 69.5 Å². The van der Waals surface area contributed by atoms with Gasteiger partial charge < -0.3 is 40.4 Å². The number of aliphatic carboxylic acids is 1. The van der Waals surface area contributed by atoms with E-state index >= 15 is 0 Å². The Balaban J connectivity index is 1.24. The van der Waals surface area contributed by atoms with E-state index < -0.39 is 18.1 Å². The van der Waals surface area contributed by atoms with Gasteiger partial charge in [0.05, 0.1) is 24.7 Å². The Kier molecular flexibility index (Phi) is 9.75. The van der Waals surface area contributed by atoms with E-state index in [0.717, 1.165) is 65.5 Å². The van der Waals surface area contributed by atoms with Gasteiger partial charge in [-0.15, -0.1) is 0 Å². The fraction of sp³-hybridized carbons (Fsp3) is 0.387. The molecule has 1 saturated heterocycles. The van der Waals surface area contributed by atoms with Gasteiger partial charge in [0.1, 0.15) is 42.2 Å². The number of anilines is 2. The number of amides is 1. The summed E-state index contributed by atoms with van der Waals surface area (Å²) in [5.41, 5.74) is 9.67. The number of carboxylic acids is 1. The molecule has 5 rings (SSSR count). The largest absolute Gasteiger partial charge is 0.497 e. The predicted molar refractivity (Wildman–Crippen MR) is 166 cm³/mol. The third kappa shape index (κ3) is 6.83. The lowest BCUT2D eigenvalue weighted by Crippen LogP contribution is -2.45. The van der Waals surface area contributed by atoms with Crippen LogP contribution in [0, 0.1) is 0 Å². The number of carbonyl (C=O) groups is 2. The third-order valence-electron chi connectivity index (χ3n) is 7.83. The quantitative estimate of drug-likeness (QED) is 0.187. The summed E-state index contributed by atoms with van der Waals surface area (Å²) in [6.07, 6.45) is 3.02. The van der Waals surface area contributed by atoms with Gasteiger partial charge in [0.25, 0.3) is 0 Å². The number of imidazole rings is 1. The Labute approximate surface area is 255 Å². The first-order valence-corrected chi connectivity index (χ1v) is 14.7. The van der Waals surface area contributed by atoms with Crippen LogP contribution in [0.5, 0.6) is 5.75 Å². The van der Waals surface area contributed by atoms with Crippen LogP contribution in [0.2, 0.25) is 0 Å². The molecule has 0 unspecified atom stereocenters. The summed E-state index contributed by atoms with van der Waals surface area (Å²) in [5.74, 6) is 1.77. The summed E-state index contributed by atoms with van der Waals surface area (Å²) in [7, 11) is 1.65. The minimum absolute atomic E-state index is 0.0389. The number of nitrogens with zero attached hydrogens (tertiary/aromatic N) is 5. The van der Waals surface area contributed by atoms with Gasteiger partial charge in [-0.3, -0.25) is 0 Å². The van der Waals surface area contributed by atoms with Gasteiger partial charge in [0.15, 0.2) is 0 Å². The molecule has 3 heterocycles. The topological polar surface area (TPSA) is 170 Å². The van der Waals surface area contributed by atoms with Crippen molar-refractivity contribution in [3.8, 4) is 5.75 Å². The zero-order valence-corrected chi connectivity index (χ0v) is 24.9. The number of carboxylic acid groups (broad SMARTS) is 1. The number of nitrogens with two attached hydrogens (primary N) is 1. The highest BCUT2D eigenvalue weighted by atomic mass is 16.5. The van der Waals surface area contributed by atoms with Crippen LogP contribution in [0.4, 0.5) is 16.4 Å². The molecule has 1 fully saturated rings. The van der Waals surface area contributed by atoms with E-state index in [4.69, 9.17) is 20.2 Å². The third-order valence-corrected chi connectivity index (χ3v) is 7.83. The standard InChI is InChI=1S/C31H38N8O5/c1-3-23-28(33-17-25(30(40)41)37-31(42)44-18-20-7-5-4-6-8-20)34-19-35-29(23)38-13-11-21(12-14-38)39-26-15-22(43-2)9-10-24(26)36-27(39)16-32/h4-10,15,19,21,25H,3,11-14,16-18,32H2,1-2H3,(H,37,42)(H,40,41)(H,33,34,35)/t25-/m0/s1. The Morgan fingerprint density at radius 2 is 1.91 bits per heavy atom. The van der Waals surface area contributed by atoms with Crippen molar-refractivity contribution < 1.29 is 24.2 Å². The number of alkyl carbamates (subject to hydrolysis) is 1. The summed E-state index contributed by atoms with van der Waals surface area (Å²) in [4.78, 5) is 40.2. The van der Waals surface area contributed by atoms with Crippen LogP contribution in [0.25, 0.3) is 11.0 Å². The Morgan fingerprint density at radius 3 is 2.59 bits per heavy atom. The van der Waals surface area contributed by atoms with Crippen LogP contribution < -0.4 is 26.0 Å². The Hall–Kier alpha value is -4.91. The predicted octanol–water partition coefficient (Wildman–Crippen LogP) is 3.49. The lowest BCUT2D eigenvalue weighted by molar-refractivity contribution is -0.139. The van der Waals surface area contributed by atoms with Crippen LogP contribution in [0.1, 0.15) is 42.8 Å². The Bertz CT molecular complexity index is 1590. The zero-order valence-electron chi connectivity index (χ0n) is 24.9. The summed E-state index contributed by atoms with van der Waals surface area (Å²) in [5, 5.41) is 15.3. The molecule has 44 heavy (non-hydrogen) atoms. The molecule has 13 nitrogen and oxygen atoms in total. The van der Waals surface area contributed by atoms with E-state index in [1.165, 1.54) is 6.33 Å². The van der Waals surface area contributed by atoms with Crippen molar-refractivity contribution in [1.82, 2.24) is 24.8 Å². The van der Waals surface area contributed by atoms with Crippen LogP contribution in [-0.2, 0) is 29.1 Å². The molecule has 1 atom stereocenters. The number of piperidine rings is 1. The minimum atomic E-state index is -1.22. The number of benzene rings is 2. The monoisotopic (exact) mass is 602 g/mol. The maximum atomic E-state index is 12.3. The molecule has 0 radical (unpaired) electrons. The summed E-state index contributed by atoms with van der Waals surface area (Å²) in [6.45, 7) is 3.82. The van der Waals surface area contributed by atoms with E-state index in [9.17, 15) is 14.7 Å². The van der Waals surface area contributed by atoms with Crippen molar-refractivity contribution >= 4 is 34.7 Å². The fourth-order valence-electron chi connectivity index (χ4n) is 5.60. The lowest BCUT2D eigenvalue weighted by Gasteiger charge is -2.35. The first kappa shape index (κ1) is 30.5. The fourth-order valence-corrected chi connectivity index (χ4v) is 5.60. The van der Waals surface area contributed by atoms with Crippen LogP contribution >= 0.6 is 0 Å². The van der Waals surface area contributed by atoms with Gasteiger partial charge in [-0.1, -0.05) is 37.3 Å². The lowest BCUT2D eigenvalue weighted by atomic mass is 10.0. The van der Waals surface area contributed by atoms with Gasteiger partial charge in [-0.25, -0.2) is 24.5 Å². The molecule has 1 aliphatic rings. The van der Waals surface area contributed by atoms with Crippen molar-refractivity contribution in [3.05, 3.63) is 71.8 Å². The molecule has 0 aliphatic carbocycles. The number of hydrogen-bond donors (Lipinski definition) is 4. The molecule has 2 aromatic carbocycles. The second kappa shape index (κ2) is 14.0. The van der Waals surface area contributed by atoms with Crippen LogP contribution in [0.3, 0.4) is 0 Å². The number of hydrogen-bond acceptors (Lipinski definition) is 10. The molecule has 0 spiro atoms. The molecule has 232 valence electrons. The van der Waals surface area contributed by atoms with E-state index in [0.29, 0.717) is 18.8 Å². The number of carbonyl (C=O) groups excluding carboxylic acids is 1. The molecule has 13 heteroatoms. The van der Waals surface area contributed by atoms with Gasteiger partial charge in [-0.2, -0.15) is 0 Å². The van der Waals surface area contributed by atoms with Gasteiger partial charge in [-0.05, 0) is 37.0 Å². The average molecular weight is 603 g/mol. The van der Waals surface area contributed by atoms with Crippen molar-refractivity contribution in [3.63, 3.8) is 0 Å². The molecule has 0 saturated carbocycles. The van der Waals surface area contributed by atoms with E-state index in [2.05, 4.69) is 30.1 Å². The van der Waals surface area contributed by atoms with Crippen molar-refractivity contribution in [2.24, 2.45) is 5.73 Å². The van der Waals surface area contributed by atoms with Gasteiger partial charge in [0, 0.05) is 37.3 Å². The van der Waals surface area contributed by atoms with Crippen molar-refractivity contribution in [2.45, 2.75) is 51.4 Å². The maximum Gasteiger partial charge on any atom is 0.408 e. The number of ether oxygens (including phenoxy) is 2. The maximum absolute atomic E-state index is 12.3. The molecule has 2 aromatic heterocycles. The highest BCUT2D eigenvalue weighted by Gasteiger charge is 2.27. The normalized spacial score (nSPS) is 14.3. The number of fused-ring (bicyclic) bond motifs is 1. The smallest absolute Gasteiger partial charge is 0.408 e. The summed E-state index contributed by atoms with van der Waals surface area (Å²) in [6, 6.07) is 14.0. The van der Waals surface area contributed by atoms with E-state index in [1.807, 2.05) is 55.5 Å². The molecule has 1 amide bonds. The first-order chi connectivity index (χ1) is 21.4. The Morgan fingerprint density at radius 1 is 1.14 bits per heavy atom. The number of nitrogens with one attached hydrogen (secondary N) is 2. The molecular formula is C31H38N8O5. The second-order valence-corrected chi connectivity index (χ2v) is 10.5. The minimum Gasteiger partial charge on any atom is -0.497 e. The van der Waals surface area contributed by atoms with Crippen molar-refractivity contribution in [1.29, 1.82) is 0 Å². The summed E-state index contributed by atoms with van der Waals surface area (Å²) >= 11 is 0. The molecule has 5 N–H and O–H groups in total. The molecule has 0 bridgehead atoms. The van der Waals surface area contributed by atoms with Gasteiger partial charge >= 0.3 is 12.1 Å². The number of aromatic nitrogens is 4. The van der Waals surface area contributed by atoms with Crippen LogP contribution in [0.15, 0.2) is 54.9 Å². The zero-order chi connectivity index (χ0) is 31.1. The highest BCUT2D eigenvalue weighted by Crippen LogP contribution is 2.33. The second-order valence-electron chi connectivity index (χ2n) is 10.5.